The van der Waals surface area contributed by atoms with Crippen LogP contribution in [0.2, 0.25) is 0 Å². The minimum atomic E-state index is -0.645. The summed E-state index contributed by atoms with van der Waals surface area (Å²) in [5, 5.41) is 20.3. The molecule has 4 amide bonds. The van der Waals surface area contributed by atoms with E-state index in [4.69, 9.17) is 19.2 Å². The number of imide groups is 1. The number of nitrogens with one attached hydrogen (secondary N) is 2. The topological polar surface area (TPSA) is 182 Å². The van der Waals surface area contributed by atoms with E-state index >= 15 is 0 Å². The van der Waals surface area contributed by atoms with Crippen LogP contribution in [0.15, 0.2) is 102 Å². The van der Waals surface area contributed by atoms with Gasteiger partial charge in [-0.25, -0.2) is 4.98 Å². The van der Waals surface area contributed by atoms with Gasteiger partial charge in [0.25, 0.3) is 11.5 Å². The van der Waals surface area contributed by atoms with Gasteiger partial charge >= 0.3 is 0 Å². The van der Waals surface area contributed by atoms with E-state index in [9.17, 15) is 29.1 Å². The highest BCUT2D eigenvalue weighted by molar-refractivity contribution is 7.10. The minimum Gasteiger partial charge on any atom is -0.508 e. The summed E-state index contributed by atoms with van der Waals surface area (Å²) in [6.45, 7) is 8.11. The molecule has 4 aromatic carbocycles. The Hall–Kier alpha value is -6.72. The van der Waals surface area contributed by atoms with Gasteiger partial charge in [0.05, 0.1) is 55.4 Å². The number of hydrogen-bond acceptors (Lipinski definition) is 12. The predicted octanol–water partition coefficient (Wildman–Crippen LogP) is 5.26. The van der Waals surface area contributed by atoms with Crippen molar-refractivity contribution in [2.45, 2.75) is 51.0 Å². The third kappa shape index (κ3) is 9.29. The summed E-state index contributed by atoms with van der Waals surface area (Å²) < 4.78 is 19.4. The molecule has 2 fully saturated rings. The fraction of sp³-hybridized carbons (Fsp3) is 0.306. The highest BCUT2D eigenvalue weighted by Gasteiger charge is 2.41. The van der Waals surface area contributed by atoms with E-state index in [2.05, 4.69) is 17.2 Å². The van der Waals surface area contributed by atoms with E-state index in [-0.39, 0.29) is 54.5 Å². The molecule has 0 spiro atoms. The van der Waals surface area contributed by atoms with Crippen molar-refractivity contribution in [3.05, 3.63) is 135 Å². The molecule has 16 heteroatoms. The van der Waals surface area contributed by atoms with Gasteiger partial charge in [0.2, 0.25) is 17.7 Å². The number of rotatable bonds is 18. The first-order valence-electron chi connectivity index (χ1n) is 21.6. The number of thiophene rings is 1. The van der Waals surface area contributed by atoms with Crippen molar-refractivity contribution in [2.24, 2.45) is 0 Å². The van der Waals surface area contributed by atoms with E-state index in [1.165, 1.54) is 17.4 Å². The Kier molecular flexibility index (Phi) is 12.8. The molecule has 3 aliphatic heterocycles. The standard InChI is InChI=1S/C49H48N6O9S/c1-2-45(58)53-25-33(26-53)46-51-41-12-9-32(37-23-34(56)21-31-5-3-4-6-36(31)37)22-38(41)48(60)54(46)16-18-63-20-19-62-17-15-50-24-30-7-10-35(11-8-30)64-28-43-39-27-55(49(61)40(39)29-65-43)42-13-14-44(57)52-47(42)59/h2-12,21-23,29,33,42,50,56H,1,13-20,24-28H2,(H,52,57,59). The number of amides is 4. The molecule has 9 rings (SSSR count). The Morgan fingerprint density at radius 2 is 1.74 bits per heavy atom. The van der Waals surface area contributed by atoms with Crippen LogP contribution >= 0.6 is 11.3 Å². The highest BCUT2D eigenvalue weighted by Crippen LogP contribution is 2.36. The molecule has 3 N–H and O–H groups in total. The number of phenols is 1. The lowest BCUT2D eigenvalue weighted by Crippen LogP contribution is -2.52. The van der Waals surface area contributed by atoms with Crippen molar-refractivity contribution >= 4 is 56.6 Å². The SMILES string of the molecule is C=CC(=O)N1CC(c2nc3ccc(-c4cc(O)cc5ccccc45)cc3c(=O)n2CCOCCOCCNCc2ccc(OCc3scc4c3CN(C3CCC(=O)NC3=O)C4=O)cc2)C1. The number of fused-ring (bicyclic) bond motifs is 3. The molecule has 334 valence electrons. The number of aromatic hydroxyl groups is 1. The lowest BCUT2D eigenvalue weighted by atomic mass is 9.96. The van der Waals surface area contributed by atoms with Crippen molar-refractivity contribution in [1.29, 1.82) is 0 Å². The normalized spacial score (nSPS) is 16.2. The molecule has 1 unspecified atom stereocenters. The molecule has 5 heterocycles. The molecule has 6 aromatic rings. The number of ether oxygens (including phenoxy) is 3. The zero-order valence-corrected chi connectivity index (χ0v) is 36.4. The number of nitrogens with zero attached hydrogens (tertiary/aromatic N) is 4. The lowest BCUT2D eigenvalue weighted by molar-refractivity contribution is -0.137. The maximum atomic E-state index is 14.2. The quantitative estimate of drug-likeness (QED) is 0.0582. The molecule has 0 saturated carbocycles. The van der Waals surface area contributed by atoms with Crippen LogP contribution in [-0.2, 0) is 50.1 Å². The smallest absolute Gasteiger partial charge is 0.261 e. The van der Waals surface area contributed by atoms with Crippen molar-refractivity contribution in [3.8, 4) is 22.6 Å². The number of aromatic nitrogens is 2. The Bertz CT molecular complexity index is 2870. The molecule has 2 saturated heterocycles. The minimum absolute atomic E-state index is 0.109. The molecule has 2 aromatic heterocycles. The number of carbonyl (C=O) groups excluding carboxylic acids is 4. The number of piperidine rings is 1. The van der Waals surface area contributed by atoms with E-state index in [0.29, 0.717) is 93.6 Å². The van der Waals surface area contributed by atoms with Crippen molar-refractivity contribution in [2.75, 3.05) is 46.1 Å². The zero-order chi connectivity index (χ0) is 45.0. The second-order valence-electron chi connectivity index (χ2n) is 16.3. The van der Waals surface area contributed by atoms with E-state index < -0.39 is 11.9 Å². The van der Waals surface area contributed by atoms with Gasteiger partial charge in [0, 0.05) is 55.0 Å². The van der Waals surface area contributed by atoms with Gasteiger partial charge in [0.1, 0.15) is 30.0 Å². The van der Waals surface area contributed by atoms with E-state index in [1.807, 2.05) is 72.1 Å². The average Bonchev–Trinajstić information content (AvgIpc) is 3.85. The average molecular weight is 897 g/mol. The summed E-state index contributed by atoms with van der Waals surface area (Å²) in [4.78, 5) is 72.6. The fourth-order valence-electron chi connectivity index (χ4n) is 8.65. The van der Waals surface area contributed by atoms with Gasteiger partial charge in [-0.05, 0) is 76.4 Å². The van der Waals surface area contributed by atoms with Crippen LogP contribution < -0.4 is 20.9 Å². The Morgan fingerprint density at radius 1 is 0.938 bits per heavy atom. The molecule has 1 atom stereocenters. The summed E-state index contributed by atoms with van der Waals surface area (Å²) in [6.07, 6.45) is 1.83. The van der Waals surface area contributed by atoms with Gasteiger partial charge in [-0.2, -0.15) is 0 Å². The van der Waals surface area contributed by atoms with Crippen LogP contribution in [0, 0.1) is 0 Å². The first kappa shape index (κ1) is 43.5. The van der Waals surface area contributed by atoms with Crippen LogP contribution in [0.3, 0.4) is 0 Å². The molecule has 65 heavy (non-hydrogen) atoms. The molecular formula is C49H48N6O9S. The van der Waals surface area contributed by atoms with E-state index in [0.717, 1.165) is 37.9 Å². The molecule has 0 bridgehead atoms. The number of phenolic OH excluding ortho intramolecular Hbond substituents is 1. The van der Waals surface area contributed by atoms with Gasteiger partial charge in [0.15, 0.2) is 0 Å². The van der Waals surface area contributed by atoms with Crippen molar-refractivity contribution in [1.82, 2.24) is 30.0 Å². The monoisotopic (exact) mass is 896 g/mol. The lowest BCUT2D eigenvalue weighted by Gasteiger charge is -2.39. The van der Waals surface area contributed by atoms with Crippen LogP contribution in [0.25, 0.3) is 32.8 Å². The second-order valence-corrected chi connectivity index (χ2v) is 17.3. The van der Waals surface area contributed by atoms with Crippen LogP contribution in [0.1, 0.15) is 50.9 Å². The summed E-state index contributed by atoms with van der Waals surface area (Å²) in [6, 6.07) is 24.0. The summed E-state index contributed by atoms with van der Waals surface area (Å²) in [7, 11) is 0. The maximum absolute atomic E-state index is 14.2. The molecule has 0 radical (unpaired) electrons. The van der Waals surface area contributed by atoms with Gasteiger partial charge in [-0.1, -0.05) is 49.0 Å². The second kappa shape index (κ2) is 19.2. The maximum Gasteiger partial charge on any atom is 0.261 e. The van der Waals surface area contributed by atoms with Crippen LogP contribution in [-0.4, -0.2) is 100 Å². The third-order valence-corrected chi connectivity index (χ3v) is 13.1. The fourth-order valence-corrected chi connectivity index (χ4v) is 9.60. The van der Waals surface area contributed by atoms with Gasteiger partial charge < -0.3 is 34.4 Å². The number of carbonyl (C=O) groups is 4. The highest BCUT2D eigenvalue weighted by atomic mass is 32.1. The summed E-state index contributed by atoms with van der Waals surface area (Å²) in [5.41, 5.74) is 4.52. The number of benzene rings is 4. The zero-order valence-electron chi connectivity index (χ0n) is 35.6. The van der Waals surface area contributed by atoms with Gasteiger partial charge in [-0.15, -0.1) is 11.3 Å². The summed E-state index contributed by atoms with van der Waals surface area (Å²) in [5.74, 6) is 0.265. The van der Waals surface area contributed by atoms with Crippen LogP contribution in [0.5, 0.6) is 11.5 Å². The number of hydrogen-bond donors (Lipinski definition) is 3. The van der Waals surface area contributed by atoms with Crippen LogP contribution in [0.4, 0.5) is 0 Å². The van der Waals surface area contributed by atoms with Gasteiger partial charge in [-0.3, -0.25) is 33.9 Å². The first-order chi connectivity index (χ1) is 31.6. The largest absolute Gasteiger partial charge is 0.508 e. The Labute approximate surface area is 378 Å². The molecule has 15 nitrogen and oxygen atoms in total. The molecule has 3 aliphatic rings. The third-order valence-electron chi connectivity index (χ3n) is 12.1. The molecular weight excluding hydrogens is 849 g/mol. The van der Waals surface area contributed by atoms with E-state index in [1.54, 1.807) is 26.5 Å². The Morgan fingerprint density at radius 3 is 2.54 bits per heavy atom. The molecule has 0 aliphatic carbocycles. The summed E-state index contributed by atoms with van der Waals surface area (Å²) >= 11 is 1.47. The number of likely N-dealkylation sites (tertiary alicyclic amines) is 1. The predicted molar refractivity (Wildman–Crippen MR) is 245 cm³/mol. The first-order valence-corrected chi connectivity index (χ1v) is 22.5. The Balaban J connectivity index is 0.725. The van der Waals surface area contributed by atoms with Crippen molar-refractivity contribution < 1.29 is 38.5 Å². The van der Waals surface area contributed by atoms with Crippen molar-refractivity contribution in [3.63, 3.8) is 0 Å².